The van der Waals surface area contributed by atoms with Crippen molar-refractivity contribution in [2.45, 2.75) is 25.3 Å². The average molecular weight is 356 g/mol. The number of aromatic nitrogens is 4. The van der Waals surface area contributed by atoms with Crippen LogP contribution in [0.4, 0.5) is 0 Å². The highest BCUT2D eigenvalue weighted by Gasteiger charge is 2.42. The zero-order chi connectivity index (χ0) is 18.8. The van der Waals surface area contributed by atoms with Crippen LogP contribution in [0.1, 0.15) is 36.7 Å². The Morgan fingerprint density at radius 1 is 1.07 bits per heavy atom. The number of likely N-dealkylation sites (N-methyl/N-ethyl adjacent to an activating group) is 1. The Morgan fingerprint density at radius 2 is 1.78 bits per heavy atom. The summed E-state index contributed by atoms with van der Waals surface area (Å²) >= 11 is 0. The monoisotopic (exact) mass is 356 g/mol. The average Bonchev–Trinajstić information content (AvgIpc) is 3.34. The van der Waals surface area contributed by atoms with Crippen molar-refractivity contribution in [3.63, 3.8) is 0 Å². The Morgan fingerprint density at radius 3 is 2.37 bits per heavy atom. The number of nitrogens with one attached hydrogen (secondary N) is 1. The lowest BCUT2D eigenvalue weighted by Gasteiger charge is -2.26. The first-order valence-corrected chi connectivity index (χ1v) is 8.99. The third-order valence-electron chi connectivity index (χ3n) is 5.25. The van der Waals surface area contributed by atoms with Gasteiger partial charge in [-0.3, -0.25) is 0 Å². The van der Waals surface area contributed by atoms with E-state index in [1.807, 2.05) is 25.2 Å². The lowest BCUT2D eigenvalue weighted by atomic mass is 9.86. The van der Waals surface area contributed by atoms with Gasteiger partial charge in [-0.15, -0.1) is 5.10 Å². The number of benzene rings is 2. The van der Waals surface area contributed by atoms with Crippen LogP contribution in [0.15, 0.2) is 65.9 Å². The molecule has 6 nitrogen and oxygen atoms in total. The van der Waals surface area contributed by atoms with E-state index >= 15 is 0 Å². The molecular formula is C21H20N6. The van der Waals surface area contributed by atoms with Crippen LogP contribution in [0, 0.1) is 11.3 Å². The van der Waals surface area contributed by atoms with Crippen molar-refractivity contribution in [2.75, 3.05) is 7.05 Å². The minimum atomic E-state index is -0.118. The molecule has 1 aliphatic heterocycles. The predicted molar refractivity (Wildman–Crippen MR) is 102 cm³/mol. The number of allylic oxidation sites excluding steroid dienone is 1. The first-order chi connectivity index (χ1) is 13.2. The summed E-state index contributed by atoms with van der Waals surface area (Å²) in [7, 11) is 2.00. The van der Waals surface area contributed by atoms with Crippen molar-refractivity contribution in [1.29, 1.82) is 5.26 Å². The van der Waals surface area contributed by atoms with Crippen molar-refractivity contribution < 1.29 is 0 Å². The first-order valence-electron chi connectivity index (χ1n) is 8.99. The molecule has 2 aromatic carbocycles. The van der Waals surface area contributed by atoms with Gasteiger partial charge in [0.1, 0.15) is 6.04 Å². The van der Waals surface area contributed by atoms with E-state index in [-0.39, 0.29) is 12.0 Å². The third-order valence-corrected chi connectivity index (χ3v) is 5.25. The van der Waals surface area contributed by atoms with Crippen molar-refractivity contribution in [1.82, 2.24) is 25.5 Å². The van der Waals surface area contributed by atoms with E-state index in [0.29, 0.717) is 5.82 Å². The van der Waals surface area contributed by atoms with E-state index in [1.54, 1.807) is 0 Å². The minimum absolute atomic E-state index is 0.102. The van der Waals surface area contributed by atoms with Crippen molar-refractivity contribution >= 4 is 0 Å². The van der Waals surface area contributed by atoms with Crippen LogP contribution in [0.25, 0.3) is 11.1 Å². The fourth-order valence-electron chi connectivity index (χ4n) is 3.99. The second-order valence-corrected chi connectivity index (χ2v) is 6.63. The number of tetrazole rings is 1. The van der Waals surface area contributed by atoms with Gasteiger partial charge in [0.05, 0.1) is 11.6 Å². The Bertz CT molecular complexity index is 983. The molecule has 0 fully saturated rings. The van der Waals surface area contributed by atoms with Gasteiger partial charge in [0, 0.05) is 18.7 Å². The highest BCUT2D eigenvalue weighted by Crippen LogP contribution is 2.48. The van der Waals surface area contributed by atoms with Crippen molar-refractivity contribution in [2.24, 2.45) is 0 Å². The largest absolute Gasteiger partial charge is 0.366 e. The summed E-state index contributed by atoms with van der Waals surface area (Å²) < 4.78 is 0. The number of nitrogens with zero attached hydrogens (tertiary/aromatic N) is 5. The molecule has 2 heterocycles. The van der Waals surface area contributed by atoms with E-state index in [4.69, 9.17) is 0 Å². The fraction of sp³-hybridized carbons (Fsp3) is 0.238. The molecule has 0 amide bonds. The van der Waals surface area contributed by atoms with E-state index < -0.39 is 0 Å². The quantitative estimate of drug-likeness (QED) is 0.768. The molecule has 1 N–H and O–H groups in total. The number of nitriles is 1. The fourth-order valence-corrected chi connectivity index (χ4v) is 3.99. The zero-order valence-electron chi connectivity index (χ0n) is 15.3. The number of hydrogen-bond donors (Lipinski definition) is 1. The molecule has 2 unspecified atom stereocenters. The van der Waals surface area contributed by atoms with Crippen LogP contribution in [0.5, 0.6) is 0 Å². The predicted octanol–water partition coefficient (Wildman–Crippen LogP) is 3.82. The smallest absolute Gasteiger partial charge is 0.172 e. The molecule has 134 valence electrons. The molecule has 0 spiro atoms. The highest BCUT2D eigenvalue weighted by molar-refractivity contribution is 5.64. The third kappa shape index (κ3) is 2.87. The van der Waals surface area contributed by atoms with Gasteiger partial charge < -0.3 is 4.90 Å². The molecule has 0 saturated heterocycles. The maximum Gasteiger partial charge on any atom is 0.172 e. The van der Waals surface area contributed by atoms with Gasteiger partial charge in [-0.1, -0.05) is 61.5 Å². The molecule has 0 bridgehead atoms. The maximum absolute atomic E-state index is 9.87. The standard InChI is InChI=1S/C21H20N6/c1-3-18-17(13-22)19(20(27(18)2)21-23-25-26-24-21)16-11-9-15(10-12-16)14-7-5-4-6-8-14/h4-12,19-20H,3H2,1-2H3,(H,23,24,25,26). The molecule has 4 rings (SSSR count). The van der Waals surface area contributed by atoms with Crippen LogP contribution >= 0.6 is 0 Å². The summed E-state index contributed by atoms with van der Waals surface area (Å²) in [6, 6.07) is 21.0. The SMILES string of the molecule is CCC1=C(C#N)C(c2ccc(-c3ccccc3)cc2)C(c2nnn[nH]2)N1C. The molecule has 0 aliphatic carbocycles. The number of rotatable bonds is 4. The number of H-pyrrole nitrogens is 1. The zero-order valence-corrected chi connectivity index (χ0v) is 15.3. The summed E-state index contributed by atoms with van der Waals surface area (Å²) in [5.74, 6) is 0.570. The topological polar surface area (TPSA) is 81.5 Å². The van der Waals surface area contributed by atoms with E-state index in [1.165, 1.54) is 5.56 Å². The van der Waals surface area contributed by atoms with Gasteiger partial charge in [-0.05, 0) is 33.5 Å². The van der Waals surface area contributed by atoms with Crippen molar-refractivity contribution in [3.8, 4) is 17.2 Å². The van der Waals surface area contributed by atoms with Gasteiger partial charge in [0.15, 0.2) is 5.82 Å². The molecule has 6 heteroatoms. The Hall–Kier alpha value is -3.46. The molecule has 3 aromatic rings. The highest BCUT2D eigenvalue weighted by atomic mass is 15.5. The molecule has 2 atom stereocenters. The van der Waals surface area contributed by atoms with Gasteiger partial charge >= 0.3 is 0 Å². The summed E-state index contributed by atoms with van der Waals surface area (Å²) in [6.07, 6.45) is 0.788. The maximum atomic E-state index is 9.87. The second kappa shape index (κ2) is 7.04. The Labute approximate surface area is 158 Å². The van der Waals surface area contributed by atoms with E-state index in [0.717, 1.165) is 28.8 Å². The minimum Gasteiger partial charge on any atom is -0.366 e. The van der Waals surface area contributed by atoms with E-state index in [9.17, 15) is 5.26 Å². The number of aromatic amines is 1. The molecular weight excluding hydrogens is 336 g/mol. The number of hydrogen-bond acceptors (Lipinski definition) is 5. The van der Waals surface area contributed by atoms with Crippen LogP contribution in [-0.2, 0) is 0 Å². The van der Waals surface area contributed by atoms with Gasteiger partial charge in [0.25, 0.3) is 0 Å². The molecule has 1 aromatic heterocycles. The molecule has 0 radical (unpaired) electrons. The van der Waals surface area contributed by atoms with E-state index in [2.05, 4.69) is 74.9 Å². The lowest BCUT2D eigenvalue weighted by Crippen LogP contribution is -2.23. The van der Waals surface area contributed by atoms with Crippen LogP contribution < -0.4 is 0 Å². The summed E-state index contributed by atoms with van der Waals surface area (Å²) in [5.41, 5.74) is 5.24. The molecule has 0 saturated carbocycles. The van der Waals surface area contributed by atoms with Crippen LogP contribution in [-0.4, -0.2) is 32.6 Å². The van der Waals surface area contributed by atoms with Gasteiger partial charge in [-0.2, -0.15) is 5.26 Å². The van der Waals surface area contributed by atoms with Crippen molar-refractivity contribution in [3.05, 3.63) is 77.3 Å². The summed E-state index contributed by atoms with van der Waals surface area (Å²) in [4.78, 5) is 2.12. The lowest BCUT2D eigenvalue weighted by molar-refractivity contribution is 0.302. The van der Waals surface area contributed by atoms with Crippen LogP contribution in [0.3, 0.4) is 0 Å². The Balaban J connectivity index is 1.77. The molecule has 1 aliphatic rings. The van der Waals surface area contributed by atoms with Gasteiger partial charge in [-0.25, -0.2) is 5.10 Å². The first kappa shape index (κ1) is 17.0. The second-order valence-electron chi connectivity index (χ2n) is 6.63. The Kier molecular flexibility index (Phi) is 4.43. The van der Waals surface area contributed by atoms with Crippen LogP contribution in [0.2, 0.25) is 0 Å². The summed E-state index contributed by atoms with van der Waals surface area (Å²) in [5, 5.41) is 24.4. The molecule has 27 heavy (non-hydrogen) atoms. The van der Waals surface area contributed by atoms with Gasteiger partial charge in [0.2, 0.25) is 0 Å². The normalized spacial score (nSPS) is 19.4. The summed E-state index contributed by atoms with van der Waals surface area (Å²) in [6.45, 7) is 2.07.